The van der Waals surface area contributed by atoms with Gasteiger partial charge in [-0.3, -0.25) is 9.59 Å². The average Bonchev–Trinajstić information content (AvgIpc) is 2.99. The normalized spacial score (nSPS) is 25.1. The lowest BCUT2D eigenvalue weighted by atomic mass is 9.86. The molecular formula is C30H26O15. The van der Waals surface area contributed by atoms with Gasteiger partial charge in [-0.1, -0.05) is 12.1 Å². The van der Waals surface area contributed by atoms with Gasteiger partial charge in [0.15, 0.2) is 17.3 Å². The first kappa shape index (κ1) is 29.8. The molecule has 1 saturated heterocycles. The molecule has 6 bridgehead atoms. The second-order valence-electron chi connectivity index (χ2n) is 10.6. The highest BCUT2D eigenvalue weighted by Crippen LogP contribution is 2.47. The van der Waals surface area contributed by atoms with Crippen molar-refractivity contribution in [3.8, 4) is 51.6 Å². The van der Waals surface area contributed by atoms with Crippen LogP contribution in [0.1, 0.15) is 23.5 Å². The van der Waals surface area contributed by atoms with Gasteiger partial charge in [0.1, 0.15) is 59.2 Å². The van der Waals surface area contributed by atoms with Crippen LogP contribution in [0.3, 0.4) is 0 Å². The van der Waals surface area contributed by atoms with Gasteiger partial charge in [0.25, 0.3) is 0 Å². The molecule has 236 valence electrons. The fourth-order valence-corrected chi connectivity index (χ4v) is 5.46. The molecule has 6 rings (SSSR count). The first-order valence-corrected chi connectivity index (χ1v) is 13.5. The third-order valence-corrected chi connectivity index (χ3v) is 7.79. The number of aromatic hydroxyl groups is 6. The molecule has 0 aliphatic carbocycles. The number of hydrogen-bond donors (Lipinski definition) is 9. The van der Waals surface area contributed by atoms with E-state index in [2.05, 4.69) is 0 Å². The summed E-state index contributed by atoms with van der Waals surface area (Å²) < 4.78 is 22.3. The summed E-state index contributed by atoms with van der Waals surface area (Å²) in [6.45, 7) is -0.668. The van der Waals surface area contributed by atoms with Crippen LogP contribution in [0.2, 0.25) is 0 Å². The van der Waals surface area contributed by atoms with Crippen LogP contribution in [-0.4, -0.2) is 89.2 Å². The number of phenolic OH excluding ortho intramolecular Hbond substituents is 5. The molecule has 0 unspecified atom stereocenters. The first-order chi connectivity index (χ1) is 21.3. The zero-order chi connectivity index (χ0) is 32.3. The number of phenols is 5. The Kier molecular flexibility index (Phi) is 7.33. The minimum atomic E-state index is -1.91. The third kappa shape index (κ3) is 5.06. The fraction of sp³-hybridized carbons (Fsp3) is 0.267. The highest BCUT2D eigenvalue weighted by Gasteiger charge is 2.46. The maximum Gasteiger partial charge on any atom is 0.306 e. The van der Waals surface area contributed by atoms with E-state index in [1.807, 2.05) is 0 Å². The van der Waals surface area contributed by atoms with Crippen LogP contribution in [0.4, 0.5) is 0 Å². The quantitative estimate of drug-likeness (QED) is 0.105. The van der Waals surface area contributed by atoms with Gasteiger partial charge < -0.3 is 64.6 Å². The van der Waals surface area contributed by atoms with Gasteiger partial charge in [0, 0.05) is 23.1 Å². The Hall–Kier alpha value is -5.22. The van der Waals surface area contributed by atoms with Crippen molar-refractivity contribution in [2.45, 2.75) is 43.0 Å². The number of cyclic esters (lactones) is 1. The molecule has 0 saturated carbocycles. The number of esters is 1. The molecule has 1 aromatic heterocycles. The number of aliphatic hydroxyl groups excluding tert-OH is 3. The Morgan fingerprint density at radius 2 is 1.47 bits per heavy atom. The summed E-state index contributed by atoms with van der Waals surface area (Å²) in [5.74, 6) is -7.66. The van der Waals surface area contributed by atoms with Crippen molar-refractivity contribution < 1.29 is 69.4 Å². The second kappa shape index (κ2) is 11.0. The van der Waals surface area contributed by atoms with Gasteiger partial charge in [-0.2, -0.15) is 0 Å². The minimum Gasteiger partial charge on any atom is -0.508 e. The minimum absolute atomic E-state index is 0.128. The molecule has 6 atom stereocenters. The predicted molar refractivity (Wildman–Crippen MR) is 149 cm³/mol. The smallest absolute Gasteiger partial charge is 0.306 e. The van der Waals surface area contributed by atoms with Gasteiger partial charge >= 0.3 is 5.97 Å². The van der Waals surface area contributed by atoms with E-state index in [-0.39, 0.29) is 16.9 Å². The summed E-state index contributed by atoms with van der Waals surface area (Å²) in [4.78, 5) is 26.7. The van der Waals surface area contributed by atoms with Crippen molar-refractivity contribution in [3.05, 3.63) is 63.8 Å². The summed E-state index contributed by atoms with van der Waals surface area (Å²) >= 11 is 0. The molecule has 4 aromatic rings. The number of hydrogen-bond acceptors (Lipinski definition) is 15. The Bertz CT molecular complexity index is 1860. The van der Waals surface area contributed by atoms with E-state index in [1.165, 1.54) is 24.3 Å². The Balaban J connectivity index is 1.65. The van der Waals surface area contributed by atoms with Crippen LogP contribution >= 0.6 is 0 Å². The molecule has 1 fully saturated rings. The number of ether oxygens (including phenoxy) is 3. The number of carbonyl (C=O) groups excluding carboxylic acids is 1. The first-order valence-electron chi connectivity index (χ1n) is 13.5. The largest absolute Gasteiger partial charge is 0.508 e. The lowest BCUT2D eigenvalue weighted by molar-refractivity contribution is -0.278. The van der Waals surface area contributed by atoms with Gasteiger partial charge in [-0.05, 0) is 29.8 Å². The number of rotatable bonds is 1. The average molecular weight is 627 g/mol. The van der Waals surface area contributed by atoms with Crippen molar-refractivity contribution in [2.75, 3.05) is 6.61 Å². The summed E-state index contributed by atoms with van der Waals surface area (Å²) in [6.07, 6.45) is -9.37. The van der Waals surface area contributed by atoms with Crippen LogP contribution in [0, 0.1) is 0 Å². The summed E-state index contributed by atoms with van der Waals surface area (Å²) in [6, 6.07) is 8.14. The molecule has 15 nitrogen and oxygen atoms in total. The van der Waals surface area contributed by atoms with Crippen LogP contribution < -0.4 is 10.2 Å². The van der Waals surface area contributed by atoms with Crippen molar-refractivity contribution in [1.29, 1.82) is 0 Å². The second-order valence-corrected chi connectivity index (χ2v) is 10.6. The van der Waals surface area contributed by atoms with Crippen LogP contribution in [-0.2, 0) is 14.3 Å². The third-order valence-electron chi connectivity index (χ3n) is 7.79. The lowest BCUT2D eigenvalue weighted by Crippen LogP contribution is -2.60. The highest BCUT2D eigenvalue weighted by atomic mass is 16.7. The topological polar surface area (TPSA) is 257 Å². The summed E-state index contributed by atoms with van der Waals surface area (Å²) in [7, 11) is 0. The summed E-state index contributed by atoms with van der Waals surface area (Å²) in [5.41, 5.74) is -1.81. The van der Waals surface area contributed by atoms with E-state index in [1.54, 1.807) is 0 Å². The molecular weight excluding hydrogens is 600 g/mol. The zero-order valence-corrected chi connectivity index (χ0v) is 22.9. The molecule has 2 aliphatic heterocycles. The summed E-state index contributed by atoms with van der Waals surface area (Å²) in [5, 5.41) is 94.4. The van der Waals surface area contributed by atoms with E-state index in [0.717, 1.165) is 18.2 Å². The Labute approximate surface area is 251 Å². The Morgan fingerprint density at radius 1 is 0.756 bits per heavy atom. The molecule has 15 heteroatoms. The Morgan fingerprint density at radius 3 is 2.18 bits per heavy atom. The van der Waals surface area contributed by atoms with E-state index in [0.29, 0.717) is 5.56 Å². The zero-order valence-electron chi connectivity index (χ0n) is 22.9. The molecule has 3 heterocycles. The number of carbonyl (C=O) groups is 1. The van der Waals surface area contributed by atoms with Crippen LogP contribution in [0.25, 0.3) is 22.3 Å². The molecule has 0 amide bonds. The maximum atomic E-state index is 13.4. The number of benzene rings is 3. The fourth-order valence-electron chi connectivity index (χ4n) is 5.46. The lowest BCUT2D eigenvalue weighted by Gasteiger charge is -2.40. The number of aliphatic hydroxyl groups is 3. The van der Waals surface area contributed by atoms with Crippen molar-refractivity contribution in [3.63, 3.8) is 0 Å². The number of fused-ring (bicyclic) bond motifs is 6. The molecule has 9 N–H and O–H groups in total. The van der Waals surface area contributed by atoms with E-state index in [4.69, 9.17) is 18.6 Å². The van der Waals surface area contributed by atoms with E-state index >= 15 is 0 Å². The van der Waals surface area contributed by atoms with Gasteiger partial charge in [0.05, 0.1) is 6.42 Å². The monoisotopic (exact) mass is 626 g/mol. The van der Waals surface area contributed by atoms with Gasteiger partial charge in [-0.15, -0.1) is 0 Å². The molecule has 0 radical (unpaired) electrons. The van der Waals surface area contributed by atoms with Gasteiger partial charge in [0.2, 0.25) is 23.2 Å². The molecule has 2 aliphatic rings. The van der Waals surface area contributed by atoms with Crippen LogP contribution in [0.15, 0.2) is 51.7 Å². The molecule has 3 aromatic carbocycles. The molecule has 0 spiro atoms. The van der Waals surface area contributed by atoms with E-state index in [9.17, 15) is 55.5 Å². The van der Waals surface area contributed by atoms with Crippen LogP contribution in [0.5, 0.6) is 40.2 Å². The standard InChI is InChI=1S/C30H26O15/c31-12-3-1-10(2-4-12)13-7-19(35)42-9-18-23(37)25(39)27(41)30(44-18)43-17-6-11(5-16(34)22(17)36)28-26(40)24(38)21-15(33)8-14(32)20(13)29(21)45-28/h1-6,8,13,18,23,25,27,30-34,36-37,39-41H,7,9H2/t13-,18-,23-,25+,27-,30-/m1/s1. The SMILES string of the molecule is O=C1C[C@H](c2ccc(O)cc2)c2c(O)cc(O)c3c(=O)c(O)c(oc23)-c2cc(O)c(O)c(c2)O[C@@H]2O[C@H](CO1)[C@@H](O)[C@H](O)[C@H]2O. The van der Waals surface area contributed by atoms with Crippen molar-refractivity contribution in [1.82, 2.24) is 0 Å². The van der Waals surface area contributed by atoms with Crippen molar-refractivity contribution in [2.24, 2.45) is 0 Å². The molecule has 45 heavy (non-hydrogen) atoms. The van der Waals surface area contributed by atoms with Gasteiger partial charge in [-0.25, -0.2) is 0 Å². The van der Waals surface area contributed by atoms with E-state index < -0.39 is 112 Å². The van der Waals surface area contributed by atoms with Crippen molar-refractivity contribution >= 4 is 16.9 Å². The highest BCUT2D eigenvalue weighted by molar-refractivity contribution is 5.92. The predicted octanol–water partition coefficient (Wildman–Crippen LogP) is 0.959. The maximum absolute atomic E-state index is 13.4.